The molecule has 2 rings (SSSR count). The molecule has 0 fully saturated rings. The molecular weight excluding hydrogens is 325 g/mol. The highest BCUT2D eigenvalue weighted by atomic mass is 35.5. The summed E-state index contributed by atoms with van der Waals surface area (Å²) in [5.41, 5.74) is 1.23. The van der Waals surface area contributed by atoms with Gasteiger partial charge in [0.1, 0.15) is 0 Å². The van der Waals surface area contributed by atoms with E-state index >= 15 is 0 Å². The van der Waals surface area contributed by atoms with E-state index in [9.17, 15) is 0 Å². The van der Waals surface area contributed by atoms with E-state index in [0.29, 0.717) is 16.7 Å². The molecule has 0 atom stereocenters. The van der Waals surface area contributed by atoms with E-state index in [4.69, 9.17) is 27.9 Å². The zero-order valence-corrected chi connectivity index (χ0v) is 14.1. The fraction of sp³-hybridized carbons (Fsp3) is 0.250. The minimum atomic E-state index is 0.692. The van der Waals surface area contributed by atoms with Gasteiger partial charge in [0.25, 0.3) is 0 Å². The summed E-state index contributed by atoms with van der Waals surface area (Å²) in [6.45, 7) is 2.33. The third-order valence-electron chi connectivity index (χ3n) is 2.88. The Kier molecular flexibility index (Phi) is 6.87. The molecule has 0 amide bonds. The molecular formula is C16H17Cl2NOS. The lowest BCUT2D eigenvalue weighted by Crippen LogP contribution is -2.18. The number of nitrogens with one attached hydrogen (secondary N) is 1. The van der Waals surface area contributed by atoms with Gasteiger partial charge in [-0.15, -0.1) is 0 Å². The molecule has 5 heteroatoms. The van der Waals surface area contributed by atoms with Gasteiger partial charge in [-0.1, -0.05) is 53.2 Å². The van der Waals surface area contributed by atoms with Gasteiger partial charge >= 0.3 is 0 Å². The summed E-state index contributed by atoms with van der Waals surface area (Å²) in [5.74, 6) is 0. The number of benzene rings is 2. The first-order chi connectivity index (χ1) is 10.2. The van der Waals surface area contributed by atoms with Gasteiger partial charge in [0.2, 0.25) is 0 Å². The van der Waals surface area contributed by atoms with Gasteiger partial charge in [-0.25, -0.2) is 0 Å². The quantitative estimate of drug-likeness (QED) is 0.725. The molecule has 2 aromatic rings. The first kappa shape index (κ1) is 16.7. The fourth-order valence-electron chi connectivity index (χ4n) is 1.82. The maximum atomic E-state index is 6.23. The van der Waals surface area contributed by atoms with E-state index in [0.717, 1.165) is 18.0 Å². The van der Waals surface area contributed by atoms with Crippen LogP contribution in [0.1, 0.15) is 5.56 Å². The van der Waals surface area contributed by atoms with Crippen molar-refractivity contribution in [3.63, 3.8) is 0 Å². The van der Waals surface area contributed by atoms with Crippen LogP contribution >= 0.6 is 35.0 Å². The summed E-state index contributed by atoms with van der Waals surface area (Å²) < 4.78 is 5.03. The van der Waals surface area contributed by atoms with Crippen molar-refractivity contribution in [2.24, 2.45) is 0 Å². The Bertz CT molecular complexity index is 592. The summed E-state index contributed by atoms with van der Waals surface area (Å²) in [6, 6.07) is 13.8. The van der Waals surface area contributed by atoms with Crippen LogP contribution in [0.3, 0.4) is 0 Å². The standard InChI is InChI=1S/C16H17Cl2NOS/c1-20-9-8-19-11-12-4-2-3-5-15(12)21-16-10-13(17)6-7-14(16)18/h2-7,10,19H,8-9,11H2,1H3. The summed E-state index contributed by atoms with van der Waals surface area (Å²) in [7, 11) is 1.70. The van der Waals surface area contributed by atoms with E-state index in [1.54, 1.807) is 24.9 Å². The first-order valence-corrected chi connectivity index (χ1v) is 8.18. The summed E-state index contributed by atoms with van der Waals surface area (Å²) in [4.78, 5) is 2.14. The van der Waals surface area contributed by atoms with Crippen molar-refractivity contribution in [1.29, 1.82) is 0 Å². The normalized spacial score (nSPS) is 10.8. The second-order valence-electron chi connectivity index (χ2n) is 4.45. The molecule has 0 bridgehead atoms. The lowest BCUT2D eigenvalue weighted by molar-refractivity contribution is 0.199. The molecule has 0 saturated carbocycles. The van der Waals surface area contributed by atoms with Crippen molar-refractivity contribution in [1.82, 2.24) is 5.32 Å². The number of hydrogen-bond acceptors (Lipinski definition) is 3. The summed E-state index contributed by atoms with van der Waals surface area (Å²) >= 11 is 13.9. The van der Waals surface area contributed by atoms with Crippen molar-refractivity contribution < 1.29 is 4.74 Å². The monoisotopic (exact) mass is 341 g/mol. The Morgan fingerprint density at radius 2 is 1.90 bits per heavy atom. The number of rotatable bonds is 7. The van der Waals surface area contributed by atoms with Crippen LogP contribution < -0.4 is 5.32 Å². The SMILES string of the molecule is COCCNCc1ccccc1Sc1cc(Cl)ccc1Cl. The van der Waals surface area contributed by atoms with Crippen LogP contribution in [0.15, 0.2) is 52.3 Å². The van der Waals surface area contributed by atoms with Crippen LogP contribution in [-0.2, 0) is 11.3 Å². The number of hydrogen-bond donors (Lipinski definition) is 1. The maximum Gasteiger partial charge on any atom is 0.0587 e. The molecule has 0 radical (unpaired) electrons. The third kappa shape index (κ3) is 5.20. The minimum absolute atomic E-state index is 0.692. The first-order valence-electron chi connectivity index (χ1n) is 6.61. The minimum Gasteiger partial charge on any atom is -0.383 e. The van der Waals surface area contributed by atoms with E-state index in [1.807, 2.05) is 24.3 Å². The largest absolute Gasteiger partial charge is 0.383 e. The smallest absolute Gasteiger partial charge is 0.0587 e. The molecule has 0 unspecified atom stereocenters. The second kappa shape index (κ2) is 8.66. The van der Waals surface area contributed by atoms with Gasteiger partial charge in [0.05, 0.1) is 11.6 Å². The highest BCUT2D eigenvalue weighted by Gasteiger charge is 2.07. The van der Waals surface area contributed by atoms with Crippen LogP contribution in [0.4, 0.5) is 0 Å². The highest BCUT2D eigenvalue weighted by Crippen LogP contribution is 2.36. The van der Waals surface area contributed by atoms with Crippen LogP contribution in [0.5, 0.6) is 0 Å². The fourth-order valence-corrected chi connectivity index (χ4v) is 3.30. The Morgan fingerprint density at radius 1 is 1.10 bits per heavy atom. The van der Waals surface area contributed by atoms with Crippen molar-refractivity contribution >= 4 is 35.0 Å². The molecule has 0 saturated heterocycles. The van der Waals surface area contributed by atoms with Crippen molar-refractivity contribution in [2.45, 2.75) is 16.3 Å². The summed E-state index contributed by atoms with van der Waals surface area (Å²) in [5, 5.41) is 4.76. The van der Waals surface area contributed by atoms with Crippen LogP contribution in [-0.4, -0.2) is 20.3 Å². The van der Waals surface area contributed by atoms with E-state index in [-0.39, 0.29) is 0 Å². The lowest BCUT2D eigenvalue weighted by Gasteiger charge is -2.11. The van der Waals surface area contributed by atoms with E-state index < -0.39 is 0 Å². The predicted octanol–water partition coefficient (Wildman–Crippen LogP) is 4.88. The molecule has 0 aliphatic heterocycles. The summed E-state index contributed by atoms with van der Waals surface area (Å²) in [6.07, 6.45) is 0. The Hall–Kier alpha value is -0.710. The lowest BCUT2D eigenvalue weighted by atomic mass is 10.2. The molecule has 112 valence electrons. The van der Waals surface area contributed by atoms with Crippen LogP contribution in [0, 0.1) is 0 Å². The van der Waals surface area contributed by atoms with Gasteiger partial charge in [0, 0.05) is 35.0 Å². The van der Waals surface area contributed by atoms with Crippen LogP contribution in [0.2, 0.25) is 10.0 Å². The van der Waals surface area contributed by atoms with Crippen molar-refractivity contribution in [3.05, 3.63) is 58.1 Å². The predicted molar refractivity (Wildman–Crippen MR) is 90.6 cm³/mol. The van der Waals surface area contributed by atoms with Gasteiger partial charge < -0.3 is 10.1 Å². The van der Waals surface area contributed by atoms with Gasteiger partial charge in [-0.05, 0) is 29.8 Å². The third-order valence-corrected chi connectivity index (χ3v) is 4.74. The Balaban J connectivity index is 2.10. The Labute approximate surface area is 139 Å². The van der Waals surface area contributed by atoms with Gasteiger partial charge in [0.15, 0.2) is 0 Å². The van der Waals surface area contributed by atoms with E-state index in [1.165, 1.54) is 10.5 Å². The number of methoxy groups -OCH3 is 1. The Morgan fingerprint density at radius 3 is 2.71 bits per heavy atom. The molecule has 2 aromatic carbocycles. The number of halogens is 2. The molecule has 0 aromatic heterocycles. The van der Waals surface area contributed by atoms with Crippen molar-refractivity contribution in [3.8, 4) is 0 Å². The zero-order chi connectivity index (χ0) is 15.1. The topological polar surface area (TPSA) is 21.3 Å². The van der Waals surface area contributed by atoms with Gasteiger partial charge in [-0.2, -0.15) is 0 Å². The molecule has 0 aliphatic carbocycles. The molecule has 2 nitrogen and oxygen atoms in total. The zero-order valence-electron chi connectivity index (χ0n) is 11.7. The average Bonchev–Trinajstić information content (AvgIpc) is 2.49. The molecule has 0 heterocycles. The van der Waals surface area contributed by atoms with Crippen molar-refractivity contribution in [2.75, 3.05) is 20.3 Å². The van der Waals surface area contributed by atoms with E-state index in [2.05, 4.69) is 17.4 Å². The molecule has 21 heavy (non-hydrogen) atoms. The molecule has 1 N–H and O–H groups in total. The number of ether oxygens (including phenoxy) is 1. The highest BCUT2D eigenvalue weighted by molar-refractivity contribution is 7.99. The molecule has 0 aliphatic rings. The molecule has 0 spiro atoms. The maximum absolute atomic E-state index is 6.23. The van der Waals surface area contributed by atoms with Crippen LogP contribution in [0.25, 0.3) is 0 Å². The second-order valence-corrected chi connectivity index (χ2v) is 6.38. The average molecular weight is 342 g/mol. The van der Waals surface area contributed by atoms with Gasteiger partial charge in [-0.3, -0.25) is 0 Å².